The predicted molar refractivity (Wildman–Crippen MR) is 83.6 cm³/mol. The van der Waals surface area contributed by atoms with Gasteiger partial charge in [0.05, 0.1) is 18.3 Å². The minimum atomic E-state index is -0.128. The average molecular weight is 278 g/mol. The average Bonchev–Trinajstić information content (AvgIpc) is 3.03. The van der Waals surface area contributed by atoms with Crippen LogP contribution in [0.15, 0.2) is 24.3 Å². The monoisotopic (exact) mass is 278 g/mol. The van der Waals surface area contributed by atoms with E-state index in [4.69, 9.17) is 4.74 Å². The molecule has 3 fully saturated rings. The molecule has 3 aliphatic rings. The maximum atomic E-state index is 9.56. The van der Waals surface area contributed by atoms with Crippen LogP contribution in [-0.2, 0) is 4.74 Å². The molecule has 0 aromatic rings. The Hall–Kier alpha value is -0.600. The van der Waals surface area contributed by atoms with E-state index in [-0.39, 0.29) is 6.10 Å². The van der Waals surface area contributed by atoms with Gasteiger partial charge >= 0.3 is 0 Å². The fraction of sp³-hybridized carbons (Fsp3) is 0.778. The van der Waals surface area contributed by atoms with E-state index < -0.39 is 0 Å². The number of aliphatic hydroxyl groups excluding tert-OH is 1. The first kappa shape index (κ1) is 15.8. The van der Waals surface area contributed by atoms with Gasteiger partial charge in [-0.2, -0.15) is 0 Å². The van der Waals surface area contributed by atoms with Gasteiger partial charge in [0.15, 0.2) is 0 Å². The summed E-state index contributed by atoms with van der Waals surface area (Å²) in [6, 6.07) is 0. The zero-order chi connectivity index (χ0) is 14.7. The molecule has 0 radical (unpaired) electrons. The minimum absolute atomic E-state index is 0.128. The third kappa shape index (κ3) is 3.95. The van der Waals surface area contributed by atoms with Crippen molar-refractivity contribution in [2.75, 3.05) is 0 Å². The predicted octanol–water partition coefficient (Wildman–Crippen LogP) is 4.24. The molecule has 2 heterocycles. The van der Waals surface area contributed by atoms with Crippen molar-refractivity contribution in [2.45, 2.75) is 77.1 Å². The van der Waals surface area contributed by atoms with E-state index in [0.29, 0.717) is 24.0 Å². The molecule has 0 aromatic carbocycles. The number of hydrogen-bond acceptors (Lipinski definition) is 2. The van der Waals surface area contributed by atoms with Crippen LogP contribution in [0.25, 0.3) is 0 Å². The molecule has 114 valence electrons. The second kappa shape index (κ2) is 6.91. The standard InChI is InChI=1S/C12H20O.C6H10O/c1-8(2)11-6-5-10(13)7-12(11)9(3)4;1-2-6-4-3-5(1)7-6/h10-13H,1,3,5-7H2,2,4H3;5-6H,1-4H2. The van der Waals surface area contributed by atoms with E-state index in [1.165, 1.54) is 36.8 Å². The van der Waals surface area contributed by atoms with Crippen molar-refractivity contribution in [3.05, 3.63) is 24.3 Å². The van der Waals surface area contributed by atoms with E-state index in [1.54, 1.807) is 0 Å². The van der Waals surface area contributed by atoms with E-state index in [2.05, 4.69) is 27.0 Å². The van der Waals surface area contributed by atoms with Gasteiger partial charge in [-0.3, -0.25) is 0 Å². The lowest BCUT2D eigenvalue weighted by Gasteiger charge is -2.35. The molecular formula is C18H30O2. The first-order chi connectivity index (χ1) is 9.47. The Labute approximate surface area is 123 Å². The summed E-state index contributed by atoms with van der Waals surface area (Å²) < 4.78 is 5.47. The topological polar surface area (TPSA) is 29.5 Å². The van der Waals surface area contributed by atoms with Gasteiger partial charge in [-0.15, -0.1) is 0 Å². The van der Waals surface area contributed by atoms with Crippen LogP contribution in [0.3, 0.4) is 0 Å². The fourth-order valence-corrected chi connectivity index (χ4v) is 3.86. The number of rotatable bonds is 2. The first-order valence-corrected chi connectivity index (χ1v) is 8.11. The lowest BCUT2D eigenvalue weighted by Crippen LogP contribution is -2.28. The van der Waals surface area contributed by atoms with E-state index in [9.17, 15) is 5.11 Å². The molecule has 3 rings (SSSR count). The van der Waals surface area contributed by atoms with Crippen LogP contribution in [-0.4, -0.2) is 23.4 Å². The maximum absolute atomic E-state index is 9.56. The second-order valence-electron chi connectivity index (χ2n) is 6.91. The number of aliphatic hydroxyl groups is 1. The normalized spacial score (nSPS) is 39.0. The Balaban J connectivity index is 0.000000173. The lowest BCUT2D eigenvalue weighted by molar-refractivity contribution is 0.0907. The largest absolute Gasteiger partial charge is 0.393 e. The molecule has 0 aromatic heterocycles. The van der Waals surface area contributed by atoms with Crippen molar-refractivity contribution in [3.63, 3.8) is 0 Å². The van der Waals surface area contributed by atoms with Crippen molar-refractivity contribution >= 4 is 0 Å². The third-order valence-corrected chi connectivity index (χ3v) is 5.09. The van der Waals surface area contributed by atoms with Crippen LogP contribution in [0.5, 0.6) is 0 Å². The highest BCUT2D eigenvalue weighted by Gasteiger charge is 2.31. The summed E-state index contributed by atoms with van der Waals surface area (Å²) >= 11 is 0. The smallest absolute Gasteiger partial charge is 0.0580 e. The van der Waals surface area contributed by atoms with Gasteiger partial charge in [-0.25, -0.2) is 0 Å². The van der Waals surface area contributed by atoms with Crippen molar-refractivity contribution in [1.29, 1.82) is 0 Å². The summed E-state index contributed by atoms with van der Waals surface area (Å²) in [4.78, 5) is 0. The van der Waals surface area contributed by atoms with Gasteiger partial charge in [-0.1, -0.05) is 24.3 Å². The Morgan fingerprint density at radius 2 is 1.35 bits per heavy atom. The zero-order valence-electron chi connectivity index (χ0n) is 13.1. The molecule has 0 spiro atoms. The van der Waals surface area contributed by atoms with Gasteiger partial charge in [0.25, 0.3) is 0 Å². The van der Waals surface area contributed by atoms with Crippen LogP contribution >= 0.6 is 0 Å². The van der Waals surface area contributed by atoms with Crippen LogP contribution < -0.4 is 0 Å². The lowest BCUT2D eigenvalue weighted by atomic mass is 9.72. The molecular weight excluding hydrogens is 248 g/mol. The molecule has 3 unspecified atom stereocenters. The molecule has 2 heteroatoms. The van der Waals surface area contributed by atoms with Crippen LogP contribution in [0, 0.1) is 11.8 Å². The van der Waals surface area contributed by atoms with Crippen LogP contribution in [0.4, 0.5) is 0 Å². The Bertz CT molecular complexity index is 342. The highest BCUT2D eigenvalue weighted by Crippen LogP contribution is 2.38. The summed E-state index contributed by atoms with van der Waals surface area (Å²) in [5.74, 6) is 0.988. The van der Waals surface area contributed by atoms with Crippen molar-refractivity contribution in [3.8, 4) is 0 Å². The van der Waals surface area contributed by atoms with Gasteiger partial charge in [-0.05, 0) is 70.6 Å². The van der Waals surface area contributed by atoms with Crippen LogP contribution in [0.1, 0.15) is 58.8 Å². The van der Waals surface area contributed by atoms with E-state index >= 15 is 0 Å². The summed E-state index contributed by atoms with van der Waals surface area (Å²) in [5.41, 5.74) is 2.42. The SMILES string of the molecule is C1CC2CCC1O2.C=C(C)C1CCC(O)CC1C(=C)C. The van der Waals surface area contributed by atoms with Crippen LogP contribution in [0.2, 0.25) is 0 Å². The fourth-order valence-electron chi connectivity index (χ4n) is 3.86. The molecule has 3 atom stereocenters. The van der Waals surface area contributed by atoms with Gasteiger partial charge < -0.3 is 9.84 Å². The Morgan fingerprint density at radius 1 is 0.850 bits per heavy atom. The molecule has 2 bridgehead atoms. The number of allylic oxidation sites excluding steroid dienone is 2. The summed E-state index contributed by atoms with van der Waals surface area (Å²) in [6.45, 7) is 12.1. The Morgan fingerprint density at radius 3 is 1.70 bits per heavy atom. The minimum Gasteiger partial charge on any atom is -0.393 e. The van der Waals surface area contributed by atoms with Crippen molar-refractivity contribution in [2.24, 2.45) is 11.8 Å². The molecule has 20 heavy (non-hydrogen) atoms. The van der Waals surface area contributed by atoms with Crippen molar-refractivity contribution < 1.29 is 9.84 Å². The van der Waals surface area contributed by atoms with Gasteiger partial charge in [0.2, 0.25) is 0 Å². The Kier molecular flexibility index (Phi) is 5.45. The molecule has 2 saturated heterocycles. The quantitative estimate of drug-likeness (QED) is 0.765. The number of ether oxygens (including phenoxy) is 1. The molecule has 1 aliphatic carbocycles. The number of fused-ring (bicyclic) bond motifs is 2. The maximum Gasteiger partial charge on any atom is 0.0580 e. The summed E-state index contributed by atoms with van der Waals surface area (Å²) in [6.07, 6.45) is 9.42. The summed E-state index contributed by atoms with van der Waals surface area (Å²) in [7, 11) is 0. The van der Waals surface area contributed by atoms with Gasteiger partial charge in [0.1, 0.15) is 0 Å². The molecule has 2 nitrogen and oxygen atoms in total. The van der Waals surface area contributed by atoms with E-state index in [0.717, 1.165) is 19.3 Å². The highest BCUT2D eigenvalue weighted by atomic mass is 16.5. The van der Waals surface area contributed by atoms with Crippen molar-refractivity contribution in [1.82, 2.24) is 0 Å². The first-order valence-electron chi connectivity index (χ1n) is 8.11. The zero-order valence-corrected chi connectivity index (χ0v) is 13.1. The number of hydrogen-bond donors (Lipinski definition) is 1. The summed E-state index contributed by atoms with van der Waals surface area (Å²) in [5, 5.41) is 9.56. The molecule has 0 amide bonds. The third-order valence-electron chi connectivity index (χ3n) is 5.09. The van der Waals surface area contributed by atoms with Gasteiger partial charge in [0, 0.05) is 0 Å². The highest BCUT2D eigenvalue weighted by molar-refractivity contribution is 5.11. The molecule has 1 saturated carbocycles. The molecule has 2 aliphatic heterocycles. The van der Waals surface area contributed by atoms with E-state index in [1.807, 2.05) is 0 Å². The molecule has 1 N–H and O–H groups in total. The second-order valence-corrected chi connectivity index (χ2v) is 6.91.